The van der Waals surface area contributed by atoms with Crippen LogP contribution in [0.25, 0.3) is 0 Å². The zero-order chi connectivity index (χ0) is 10.7. The Hall–Kier alpha value is -2.04. The molecule has 2 heterocycles. The third-order valence-corrected chi connectivity index (χ3v) is 1.90. The van der Waals surface area contributed by atoms with Crippen LogP contribution in [0.5, 0.6) is 0 Å². The van der Waals surface area contributed by atoms with E-state index in [0.717, 1.165) is 11.8 Å². The Kier molecular flexibility index (Phi) is 2.53. The molecule has 0 N–H and O–H groups in total. The van der Waals surface area contributed by atoms with Crippen molar-refractivity contribution in [2.75, 3.05) is 0 Å². The van der Waals surface area contributed by atoms with Crippen LogP contribution in [0.2, 0.25) is 0 Å². The van der Waals surface area contributed by atoms with E-state index in [1.54, 1.807) is 17.0 Å². The van der Waals surface area contributed by atoms with Crippen LogP contribution in [0, 0.1) is 5.82 Å². The molecule has 0 aliphatic rings. The van der Waals surface area contributed by atoms with Gasteiger partial charge in [-0.3, -0.25) is 9.78 Å². The van der Waals surface area contributed by atoms with E-state index in [4.69, 9.17) is 0 Å². The van der Waals surface area contributed by atoms with Crippen LogP contribution >= 0.6 is 0 Å². The number of carbonyl (C=O) groups is 1. The van der Waals surface area contributed by atoms with Gasteiger partial charge in [0.25, 0.3) is 0 Å². The second-order valence-corrected chi connectivity index (χ2v) is 3.10. The fourth-order valence-electron chi connectivity index (χ4n) is 1.28. The lowest BCUT2D eigenvalue weighted by molar-refractivity contribution is 0.111. The molecule has 2 aromatic rings. The Bertz CT molecular complexity index is 481. The summed E-state index contributed by atoms with van der Waals surface area (Å²) >= 11 is 0. The van der Waals surface area contributed by atoms with Crippen molar-refractivity contribution in [2.45, 2.75) is 6.54 Å². The van der Waals surface area contributed by atoms with Gasteiger partial charge < -0.3 is 4.57 Å². The summed E-state index contributed by atoms with van der Waals surface area (Å²) in [5.41, 5.74) is 1.09. The second-order valence-electron chi connectivity index (χ2n) is 3.10. The summed E-state index contributed by atoms with van der Waals surface area (Å²) in [6.07, 6.45) is 6.50. The van der Waals surface area contributed by atoms with E-state index in [2.05, 4.69) is 9.97 Å². The van der Waals surface area contributed by atoms with E-state index in [-0.39, 0.29) is 5.82 Å². The van der Waals surface area contributed by atoms with Gasteiger partial charge in [0.15, 0.2) is 6.29 Å². The molecule has 2 aromatic heterocycles. The van der Waals surface area contributed by atoms with E-state index < -0.39 is 0 Å². The quantitative estimate of drug-likeness (QED) is 0.709. The van der Waals surface area contributed by atoms with Gasteiger partial charge in [-0.2, -0.15) is 0 Å². The summed E-state index contributed by atoms with van der Waals surface area (Å²) in [6, 6.07) is 1.40. The Morgan fingerprint density at radius 1 is 1.47 bits per heavy atom. The monoisotopic (exact) mass is 205 g/mol. The Balaban J connectivity index is 2.18. The summed E-state index contributed by atoms with van der Waals surface area (Å²) in [5, 5.41) is 0. The Morgan fingerprint density at radius 2 is 2.33 bits per heavy atom. The molecule has 0 aliphatic carbocycles. The standard InChI is InChI=1S/C10H8FN3O/c11-9-1-8(2-12-3-9)4-14-5-10(6-15)13-7-14/h1-3,5-7H,4H2. The maximum atomic E-state index is 12.8. The van der Waals surface area contributed by atoms with Crippen LogP contribution in [0.3, 0.4) is 0 Å². The summed E-state index contributed by atoms with van der Waals surface area (Å²) in [7, 11) is 0. The molecule has 76 valence electrons. The number of halogens is 1. The minimum atomic E-state index is -0.372. The van der Waals surface area contributed by atoms with Crippen molar-refractivity contribution in [3.05, 3.63) is 48.1 Å². The fourth-order valence-corrected chi connectivity index (χ4v) is 1.28. The van der Waals surface area contributed by atoms with Gasteiger partial charge in [-0.1, -0.05) is 0 Å². The van der Waals surface area contributed by atoms with E-state index in [9.17, 15) is 9.18 Å². The summed E-state index contributed by atoms with van der Waals surface area (Å²) in [5.74, 6) is -0.372. The maximum Gasteiger partial charge on any atom is 0.169 e. The lowest BCUT2D eigenvalue weighted by Crippen LogP contribution is -1.97. The third kappa shape index (κ3) is 2.25. The molecule has 15 heavy (non-hydrogen) atoms. The van der Waals surface area contributed by atoms with E-state index in [1.807, 2.05) is 0 Å². The molecule has 0 unspecified atom stereocenters. The highest BCUT2D eigenvalue weighted by Crippen LogP contribution is 2.04. The highest BCUT2D eigenvalue weighted by molar-refractivity contribution is 5.70. The van der Waals surface area contributed by atoms with Crippen molar-refractivity contribution >= 4 is 6.29 Å². The first-order valence-electron chi connectivity index (χ1n) is 4.34. The van der Waals surface area contributed by atoms with Crippen molar-refractivity contribution in [3.63, 3.8) is 0 Å². The van der Waals surface area contributed by atoms with E-state index in [1.165, 1.54) is 12.4 Å². The average molecular weight is 205 g/mol. The smallest absolute Gasteiger partial charge is 0.169 e. The first-order valence-corrected chi connectivity index (χ1v) is 4.34. The molecule has 0 atom stereocenters. The number of nitrogens with zero attached hydrogens (tertiary/aromatic N) is 3. The molecule has 5 heteroatoms. The van der Waals surface area contributed by atoms with Crippen molar-refractivity contribution in [1.82, 2.24) is 14.5 Å². The zero-order valence-corrected chi connectivity index (χ0v) is 7.80. The number of hydrogen-bond donors (Lipinski definition) is 0. The molecule has 0 saturated carbocycles. The predicted octanol–water partition coefficient (Wildman–Crippen LogP) is 1.28. The van der Waals surface area contributed by atoms with Gasteiger partial charge in [-0.05, 0) is 11.6 Å². The minimum Gasteiger partial charge on any atom is -0.332 e. The lowest BCUT2D eigenvalue weighted by atomic mass is 10.3. The van der Waals surface area contributed by atoms with Gasteiger partial charge in [0.2, 0.25) is 0 Å². The number of rotatable bonds is 3. The number of aromatic nitrogens is 3. The maximum absolute atomic E-state index is 12.8. The molecular formula is C10H8FN3O. The number of hydrogen-bond acceptors (Lipinski definition) is 3. The van der Waals surface area contributed by atoms with Crippen LogP contribution < -0.4 is 0 Å². The molecule has 4 nitrogen and oxygen atoms in total. The highest BCUT2D eigenvalue weighted by atomic mass is 19.1. The van der Waals surface area contributed by atoms with Gasteiger partial charge in [0.05, 0.1) is 19.1 Å². The van der Waals surface area contributed by atoms with Crippen LogP contribution in [0.4, 0.5) is 4.39 Å². The van der Waals surface area contributed by atoms with Gasteiger partial charge >= 0.3 is 0 Å². The van der Waals surface area contributed by atoms with Crippen molar-refractivity contribution in [1.29, 1.82) is 0 Å². The second kappa shape index (κ2) is 4.00. The highest BCUT2D eigenvalue weighted by Gasteiger charge is 1.99. The lowest BCUT2D eigenvalue weighted by Gasteiger charge is -2.00. The first-order chi connectivity index (χ1) is 7.28. The molecule has 0 fully saturated rings. The number of aldehydes is 1. The van der Waals surface area contributed by atoms with E-state index in [0.29, 0.717) is 18.5 Å². The topological polar surface area (TPSA) is 47.8 Å². The molecule has 0 amide bonds. The summed E-state index contributed by atoms with van der Waals surface area (Å²) < 4.78 is 14.5. The summed E-state index contributed by atoms with van der Waals surface area (Å²) in [4.78, 5) is 17.9. The molecule has 2 rings (SSSR count). The number of pyridine rings is 1. The molecule has 0 spiro atoms. The Morgan fingerprint density at radius 3 is 3.00 bits per heavy atom. The van der Waals surface area contributed by atoms with Crippen LogP contribution in [-0.2, 0) is 6.54 Å². The first kappa shape index (κ1) is 9.51. The Labute approximate surface area is 85.4 Å². The normalized spacial score (nSPS) is 10.2. The number of imidazole rings is 1. The van der Waals surface area contributed by atoms with Crippen LogP contribution in [0.15, 0.2) is 31.0 Å². The van der Waals surface area contributed by atoms with Crippen molar-refractivity contribution in [2.24, 2.45) is 0 Å². The molecule has 0 aromatic carbocycles. The van der Waals surface area contributed by atoms with E-state index >= 15 is 0 Å². The van der Waals surface area contributed by atoms with Gasteiger partial charge in [-0.15, -0.1) is 0 Å². The van der Waals surface area contributed by atoms with Crippen LogP contribution in [-0.4, -0.2) is 20.8 Å². The largest absolute Gasteiger partial charge is 0.332 e. The van der Waals surface area contributed by atoms with Crippen molar-refractivity contribution < 1.29 is 9.18 Å². The SMILES string of the molecule is O=Cc1cn(Cc2cncc(F)c2)cn1. The molecule has 0 saturated heterocycles. The van der Waals surface area contributed by atoms with Crippen molar-refractivity contribution in [3.8, 4) is 0 Å². The average Bonchev–Trinajstić information content (AvgIpc) is 2.65. The predicted molar refractivity (Wildman–Crippen MR) is 50.9 cm³/mol. The summed E-state index contributed by atoms with van der Waals surface area (Å²) in [6.45, 7) is 0.450. The molecule has 0 bridgehead atoms. The van der Waals surface area contributed by atoms with Crippen LogP contribution in [0.1, 0.15) is 16.1 Å². The van der Waals surface area contributed by atoms with Gasteiger partial charge in [0, 0.05) is 12.4 Å². The third-order valence-electron chi connectivity index (χ3n) is 1.90. The molecular weight excluding hydrogens is 197 g/mol. The minimum absolute atomic E-state index is 0.361. The van der Waals surface area contributed by atoms with Gasteiger partial charge in [-0.25, -0.2) is 9.37 Å². The zero-order valence-electron chi connectivity index (χ0n) is 7.80. The molecule has 0 aliphatic heterocycles. The number of carbonyl (C=O) groups excluding carboxylic acids is 1. The fraction of sp³-hybridized carbons (Fsp3) is 0.100. The van der Waals surface area contributed by atoms with Gasteiger partial charge in [0.1, 0.15) is 11.5 Å². The molecule has 0 radical (unpaired) electrons.